The molecule has 1 aromatic rings. The Morgan fingerprint density at radius 3 is 2.64 bits per heavy atom. The van der Waals surface area contributed by atoms with Gasteiger partial charge in [0.2, 0.25) is 0 Å². The van der Waals surface area contributed by atoms with Gasteiger partial charge in [0.25, 0.3) is 11.8 Å². The van der Waals surface area contributed by atoms with Crippen molar-refractivity contribution in [3.8, 4) is 0 Å². The fraction of sp³-hybridized carbons (Fsp3) is 0.158. The summed E-state index contributed by atoms with van der Waals surface area (Å²) in [5.74, 6) is -3.67. The molecule has 0 fully saturated rings. The van der Waals surface area contributed by atoms with Crippen molar-refractivity contribution in [1.82, 2.24) is 10.6 Å². The second kappa shape index (κ2) is 11.7. The van der Waals surface area contributed by atoms with Crippen molar-refractivity contribution in [1.29, 1.82) is 0 Å². The summed E-state index contributed by atoms with van der Waals surface area (Å²) in [7, 11) is 0. The summed E-state index contributed by atoms with van der Waals surface area (Å²) in [6, 6.07) is 2.55. The molecule has 5 nitrogen and oxygen atoms in total. The van der Waals surface area contributed by atoms with Gasteiger partial charge in [-0.15, -0.1) is 0 Å². The fourth-order valence-corrected chi connectivity index (χ4v) is 1.86. The van der Waals surface area contributed by atoms with Crippen LogP contribution in [0.2, 0.25) is 0 Å². The molecule has 0 atom stereocenters. The number of halogens is 4. The quantitative estimate of drug-likeness (QED) is 0.451. The highest BCUT2D eigenvalue weighted by Crippen LogP contribution is 2.13. The van der Waals surface area contributed by atoms with E-state index in [1.165, 1.54) is 12.2 Å². The van der Waals surface area contributed by atoms with Crippen LogP contribution in [0.4, 0.5) is 13.2 Å². The summed E-state index contributed by atoms with van der Waals surface area (Å²) >= 11 is 5.47. The second-order valence-corrected chi connectivity index (χ2v) is 5.75. The molecule has 2 amide bonds. The SMILES string of the molecule is C=C(CCNC(=O)c1cc(F)ccc1F)NC(=O)CO/C=C/C=C(/Cl)C(=C)F. The lowest BCUT2D eigenvalue weighted by Gasteiger charge is -2.10. The molecule has 0 aromatic heterocycles. The van der Waals surface area contributed by atoms with Crippen molar-refractivity contribution < 1.29 is 27.5 Å². The van der Waals surface area contributed by atoms with E-state index in [4.69, 9.17) is 16.3 Å². The van der Waals surface area contributed by atoms with Crippen LogP contribution < -0.4 is 10.6 Å². The lowest BCUT2D eigenvalue weighted by atomic mass is 10.2. The third-order valence-corrected chi connectivity index (χ3v) is 3.42. The van der Waals surface area contributed by atoms with Crippen LogP contribution in [0.15, 0.2) is 66.3 Å². The minimum absolute atomic E-state index is 0.0467. The van der Waals surface area contributed by atoms with Crippen LogP contribution in [0, 0.1) is 11.6 Å². The smallest absolute Gasteiger partial charge is 0.261 e. The van der Waals surface area contributed by atoms with E-state index in [0.29, 0.717) is 0 Å². The standard InChI is InChI=1S/C19H18ClF3N2O3/c1-12(25-18(26)11-28-9-3-4-16(20)13(2)21)7-8-24-19(27)15-10-14(22)5-6-17(15)23/h3-6,9-10H,1-2,7-8,11H2,(H,24,27)(H,25,26)/b9-3+,16-4+. The minimum Gasteiger partial charge on any atom is -0.491 e. The van der Waals surface area contributed by atoms with Crippen LogP contribution in [0.3, 0.4) is 0 Å². The molecule has 0 heterocycles. The van der Waals surface area contributed by atoms with Crippen molar-refractivity contribution in [2.45, 2.75) is 6.42 Å². The topological polar surface area (TPSA) is 67.4 Å². The van der Waals surface area contributed by atoms with Gasteiger partial charge >= 0.3 is 0 Å². The Bertz CT molecular complexity index is 823. The highest BCUT2D eigenvalue weighted by Gasteiger charge is 2.12. The Labute approximate surface area is 165 Å². The molecule has 0 radical (unpaired) electrons. The third-order valence-electron chi connectivity index (χ3n) is 3.09. The number of hydrogen-bond acceptors (Lipinski definition) is 3. The predicted octanol–water partition coefficient (Wildman–Crippen LogP) is 3.85. The number of nitrogens with one attached hydrogen (secondary N) is 2. The van der Waals surface area contributed by atoms with Crippen LogP contribution >= 0.6 is 11.6 Å². The summed E-state index contributed by atoms with van der Waals surface area (Å²) in [6.07, 6.45) is 3.80. The average molecular weight is 415 g/mol. The molecule has 0 saturated heterocycles. The zero-order valence-electron chi connectivity index (χ0n) is 14.7. The van der Waals surface area contributed by atoms with Crippen molar-refractivity contribution in [2.75, 3.05) is 13.2 Å². The Morgan fingerprint density at radius 1 is 1.25 bits per heavy atom. The number of ether oxygens (including phenoxy) is 1. The normalized spacial score (nSPS) is 11.2. The van der Waals surface area contributed by atoms with E-state index < -0.39 is 34.8 Å². The monoisotopic (exact) mass is 414 g/mol. The molecule has 1 rings (SSSR count). The van der Waals surface area contributed by atoms with E-state index in [0.717, 1.165) is 24.5 Å². The molecule has 150 valence electrons. The number of amides is 2. The number of rotatable bonds is 10. The van der Waals surface area contributed by atoms with Crippen LogP contribution in [-0.2, 0) is 9.53 Å². The Hall–Kier alpha value is -3.00. The first-order chi connectivity index (χ1) is 13.2. The first-order valence-corrected chi connectivity index (χ1v) is 8.28. The van der Waals surface area contributed by atoms with E-state index in [1.807, 2.05) is 0 Å². The first kappa shape index (κ1) is 23.0. The molecule has 0 unspecified atom stereocenters. The number of allylic oxidation sites excluding steroid dienone is 4. The lowest BCUT2D eigenvalue weighted by Crippen LogP contribution is -2.30. The predicted molar refractivity (Wildman–Crippen MR) is 99.9 cm³/mol. The maximum absolute atomic E-state index is 13.5. The molecule has 0 saturated carbocycles. The van der Waals surface area contributed by atoms with Gasteiger partial charge in [0, 0.05) is 18.7 Å². The van der Waals surface area contributed by atoms with Gasteiger partial charge in [-0.3, -0.25) is 9.59 Å². The molecular formula is C19H18ClF3N2O3. The van der Waals surface area contributed by atoms with Gasteiger partial charge < -0.3 is 15.4 Å². The van der Waals surface area contributed by atoms with Crippen molar-refractivity contribution in [3.63, 3.8) is 0 Å². The fourth-order valence-electron chi connectivity index (χ4n) is 1.78. The summed E-state index contributed by atoms with van der Waals surface area (Å²) < 4.78 is 44.0. The molecule has 1 aromatic carbocycles. The highest BCUT2D eigenvalue weighted by atomic mass is 35.5. The Morgan fingerprint density at radius 2 is 1.96 bits per heavy atom. The van der Waals surface area contributed by atoms with Gasteiger partial charge in [0.1, 0.15) is 17.5 Å². The average Bonchev–Trinajstić information content (AvgIpc) is 2.62. The molecule has 2 N–H and O–H groups in total. The zero-order chi connectivity index (χ0) is 21.1. The molecule has 0 aliphatic carbocycles. The van der Waals surface area contributed by atoms with Gasteiger partial charge in [-0.1, -0.05) is 24.8 Å². The largest absolute Gasteiger partial charge is 0.491 e. The van der Waals surface area contributed by atoms with E-state index in [9.17, 15) is 22.8 Å². The summed E-state index contributed by atoms with van der Waals surface area (Å²) in [5, 5.41) is 4.64. The van der Waals surface area contributed by atoms with E-state index in [2.05, 4.69) is 23.8 Å². The van der Waals surface area contributed by atoms with E-state index >= 15 is 0 Å². The Kier molecular flexibility index (Phi) is 9.59. The molecule has 0 aliphatic rings. The molecule has 0 aliphatic heterocycles. The summed E-state index contributed by atoms with van der Waals surface area (Å²) in [5.41, 5.74) is -0.130. The van der Waals surface area contributed by atoms with Crippen molar-refractivity contribution >= 4 is 23.4 Å². The third kappa shape index (κ3) is 8.59. The van der Waals surface area contributed by atoms with E-state index in [-0.39, 0.29) is 30.3 Å². The maximum Gasteiger partial charge on any atom is 0.261 e. The maximum atomic E-state index is 13.5. The van der Waals surface area contributed by atoms with Gasteiger partial charge in [-0.05, 0) is 30.4 Å². The van der Waals surface area contributed by atoms with Crippen molar-refractivity contribution in [2.24, 2.45) is 0 Å². The molecule has 9 heteroatoms. The van der Waals surface area contributed by atoms with Crippen LogP contribution in [-0.4, -0.2) is 25.0 Å². The number of hydrogen-bond donors (Lipinski definition) is 2. The summed E-state index contributed by atoms with van der Waals surface area (Å²) in [4.78, 5) is 23.4. The van der Waals surface area contributed by atoms with Gasteiger partial charge in [-0.2, -0.15) is 0 Å². The first-order valence-electron chi connectivity index (χ1n) is 7.90. The lowest BCUT2D eigenvalue weighted by molar-refractivity contribution is -0.123. The highest BCUT2D eigenvalue weighted by molar-refractivity contribution is 6.31. The number of carbonyl (C=O) groups is 2. The Balaban J connectivity index is 2.31. The van der Waals surface area contributed by atoms with Gasteiger partial charge in [0.05, 0.1) is 16.9 Å². The molecule has 0 spiro atoms. The van der Waals surface area contributed by atoms with Crippen LogP contribution in [0.25, 0.3) is 0 Å². The van der Waals surface area contributed by atoms with Crippen LogP contribution in [0.5, 0.6) is 0 Å². The summed E-state index contributed by atoms with van der Waals surface area (Å²) in [6.45, 7) is 6.32. The van der Waals surface area contributed by atoms with E-state index in [1.54, 1.807) is 0 Å². The molecule has 0 bridgehead atoms. The number of carbonyl (C=O) groups excluding carboxylic acids is 2. The zero-order valence-corrected chi connectivity index (χ0v) is 15.5. The van der Waals surface area contributed by atoms with Gasteiger partial charge in [0.15, 0.2) is 6.61 Å². The number of benzene rings is 1. The second-order valence-electron chi connectivity index (χ2n) is 5.34. The minimum atomic E-state index is -0.844. The molecule has 28 heavy (non-hydrogen) atoms. The molecular weight excluding hydrogens is 397 g/mol. The van der Waals surface area contributed by atoms with Gasteiger partial charge in [-0.25, -0.2) is 13.2 Å². The van der Waals surface area contributed by atoms with Crippen molar-refractivity contribution in [3.05, 3.63) is 83.5 Å². The van der Waals surface area contributed by atoms with Crippen LogP contribution in [0.1, 0.15) is 16.8 Å².